The van der Waals surface area contributed by atoms with Gasteiger partial charge in [-0.3, -0.25) is 0 Å². The van der Waals surface area contributed by atoms with Crippen LogP contribution in [0.3, 0.4) is 0 Å². The lowest BCUT2D eigenvalue weighted by atomic mass is 9.91. The number of hydrogen-bond acceptors (Lipinski definition) is 3. The number of piperidine rings is 1. The molecule has 1 aromatic heterocycles. The summed E-state index contributed by atoms with van der Waals surface area (Å²) in [6.07, 6.45) is 4.35. The fraction of sp³-hybridized carbons (Fsp3) is 0.667. The van der Waals surface area contributed by atoms with Crippen molar-refractivity contribution in [1.29, 1.82) is 0 Å². The molecule has 0 bridgehead atoms. The van der Waals surface area contributed by atoms with Crippen LogP contribution in [0.4, 0.5) is 5.69 Å². The molecule has 2 heterocycles. The van der Waals surface area contributed by atoms with Crippen molar-refractivity contribution in [2.45, 2.75) is 39.7 Å². The van der Waals surface area contributed by atoms with Crippen LogP contribution < -0.4 is 5.32 Å². The number of rotatable bonds is 4. The van der Waals surface area contributed by atoms with Gasteiger partial charge in [-0.2, -0.15) is 0 Å². The Morgan fingerprint density at radius 2 is 2.37 bits per heavy atom. The van der Waals surface area contributed by atoms with Gasteiger partial charge in [0.2, 0.25) is 0 Å². The highest BCUT2D eigenvalue weighted by Gasteiger charge is 2.24. The zero-order valence-electron chi connectivity index (χ0n) is 12.1. The molecule has 0 spiro atoms. The molecule has 19 heavy (non-hydrogen) atoms. The summed E-state index contributed by atoms with van der Waals surface area (Å²) in [7, 11) is 0. The first-order valence-corrected chi connectivity index (χ1v) is 7.59. The van der Waals surface area contributed by atoms with E-state index >= 15 is 0 Å². The molecule has 1 aliphatic rings. The number of aryl methyl sites for hydroxylation is 1. The second-order valence-corrected chi connectivity index (χ2v) is 5.88. The van der Waals surface area contributed by atoms with Gasteiger partial charge in [-0.05, 0) is 57.3 Å². The molecule has 1 saturated heterocycles. The maximum Gasteiger partial charge on any atom is 0.152 e. The van der Waals surface area contributed by atoms with E-state index in [9.17, 15) is 0 Å². The van der Waals surface area contributed by atoms with Gasteiger partial charge in [0, 0.05) is 18.8 Å². The molecule has 0 aliphatic carbocycles. The minimum atomic E-state index is 0.426. The topological polar surface area (TPSA) is 28.2 Å². The third-order valence-electron chi connectivity index (χ3n) is 4.18. The van der Waals surface area contributed by atoms with Crippen LogP contribution in [0.15, 0.2) is 12.3 Å². The van der Waals surface area contributed by atoms with Crippen molar-refractivity contribution in [1.82, 2.24) is 9.88 Å². The maximum atomic E-state index is 6.18. The van der Waals surface area contributed by atoms with Crippen LogP contribution in [-0.2, 0) is 0 Å². The first-order chi connectivity index (χ1) is 9.11. The number of nitrogens with one attached hydrogen (secondary N) is 1. The predicted octanol–water partition coefficient (Wildman–Crippen LogP) is 3.58. The van der Waals surface area contributed by atoms with Crippen molar-refractivity contribution in [3.63, 3.8) is 0 Å². The van der Waals surface area contributed by atoms with Crippen LogP contribution in [0.5, 0.6) is 0 Å². The highest BCUT2D eigenvalue weighted by Crippen LogP contribution is 2.27. The molecule has 1 fully saturated rings. The number of halogens is 1. The monoisotopic (exact) mass is 281 g/mol. The summed E-state index contributed by atoms with van der Waals surface area (Å²) in [6.45, 7) is 10.1. The van der Waals surface area contributed by atoms with Gasteiger partial charge >= 0.3 is 0 Å². The van der Waals surface area contributed by atoms with Gasteiger partial charge in [0.15, 0.2) is 5.15 Å². The second-order valence-electron chi connectivity index (χ2n) is 5.52. The third kappa shape index (κ3) is 3.61. The van der Waals surface area contributed by atoms with E-state index in [4.69, 9.17) is 11.6 Å². The molecule has 0 amide bonds. The average molecular weight is 282 g/mol. The first kappa shape index (κ1) is 14.6. The molecule has 1 aliphatic heterocycles. The fourth-order valence-electron chi connectivity index (χ4n) is 2.83. The minimum Gasteiger partial charge on any atom is -0.380 e. The van der Waals surface area contributed by atoms with E-state index in [1.165, 1.54) is 25.9 Å². The highest BCUT2D eigenvalue weighted by atomic mass is 35.5. The Balaban J connectivity index is 2.02. The molecule has 2 rings (SSSR count). The van der Waals surface area contributed by atoms with Crippen molar-refractivity contribution >= 4 is 17.3 Å². The molecule has 3 nitrogen and oxygen atoms in total. The molecule has 0 radical (unpaired) electrons. The van der Waals surface area contributed by atoms with Crippen LogP contribution in [0.1, 0.15) is 32.3 Å². The SMILES string of the molecule is CCN1CCCC(C(C)Nc2c(C)ccnc2Cl)C1. The average Bonchev–Trinajstić information content (AvgIpc) is 2.43. The zero-order chi connectivity index (χ0) is 13.8. The van der Waals surface area contributed by atoms with E-state index in [0.717, 1.165) is 17.8 Å². The van der Waals surface area contributed by atoms with E-state index in [1.807, 2.05) is 6.07 Å². The molecule has 1 N–H and O–H groups in total. The molecule has 2 atom stereocenters. The van der Waals surface area contributed by atoms with E-state index in [0.29, 0.717) is 17.1 Å². The summed E-state index contributed by atoms with van der Waals surface area (Å²) in [5.74, 6) is 0.685. The number of nitrogens with zero attached hydrogens (tertiary/aromatic N) is 2. The Hall–Kier alpha value is -0.800. The number of aromatic nitrogens is 1. The molecule has 0 saturated carbocycles. The van der Waals surface area contributed by atoms with Gasteiger partial charge in [0.05, 0.1) is 5.69 Å². The van der Waals surface area contributed by atoms with E-state index in [-0.39, 0.29) is 0 Å². The van der Waals surface area contributed by atoms with Crippen LogP contribution in [0.25, 0.3) is 0 Å². The summed E-state index contributed by atoms with van der Waals surface area (Å²) >= 11 is 6.18. The fourth-order valence-corrected chi connectivity index (χ4v) is 3.09. The van der Waals surface area contributed by atoms with Crippen molar-refractivity contribution < 1.29 is 0 Å². The van der Waals surface area contributed by atoms with Gasteiger partial charge in [-0.15, -0.1) is 0 Å². The van der Waals surface area contributed by atoms with Crippen LogP contribution in [0, 0.1) is 12.8 Å². The Bertz CT molecular complexity index is 402. The second kappa shape index (κ2) is 6.58. The van der Waals surface area contributed by atoms with Gasteiger partial charge in [-0.1, -0.05) is 18.5 Å². The third-order valence-corrected chi connectivity index (χ3v) is 4.47. The van der Waals surface area contributed by atoms with E-state index < -0.39 is 0 Å². The maximum absolute atomic E-state index is 6.18. The molecule has 1 aromatic rings. The summed E-state index contributed by atoms with van der Waals surface area (Å²) in [5, 5.41) is 4.15. The molecule has 2 unspecified atom stereocenters. The Morgan fingerprint density at radius 1 is 1.58 bits per heavy atom. The number of hydrogen-bond donors (Lipinski definition) is 1. The van der Waals surface area contributed by atoms with E-state index in [2.05, 4.69) is 36.0 Å². The zero-order valence-corrected chi connectivity index (χ0v) is 12.9. The summed E-state index contributed by atoms with van der Waals surface area (Å²) < 4.78 is 0. The molecule has 4 heteroatoms. The lowest BCUT2D eigenvalue weighted by Crippen LogP contribution is -2.41. The van der Waals surface area contributed by atoms with Gasteiger partial charge in [0.1, 0.15) is 0 Å². The molecular formula is C15H24ClN3. The minimum absolute atomic E-state index is 0.426. The Morgan fingerprint density at radius 3 is 3.05 bits per heavy atom. The van der Waals surface area contributed by atoms with Crippen molar-refractivity contribution in [2.75, 3.05) is 25.0 Å². The molecule has 106 valence electrons. The smallest absolute Gasteiger partial charge is 0.152 e. The quantitative estimate of drug-likeness (QED) is 0.855. The van der Waals surface area contributed by atoms with Crippen molar-refractivity contribution in [2.24, 2.45) is 5.92 Å². The van der Waals surface area contributed by atoms with Crippen LogP contribution in [0.2, 0.25) is 5.15 Å². The van der Waals surface area contributed by atoms with Crippen molar-refractivity contribution in [3.05, 3.63) is 23.0 Å². The summed E-state index contributed by atoms with van der Waals surface area (Å²) in [5.41, 5.74) is 2.15. The van der Waals surface area contributed by atoms with Crippen LogP contribution >= 0.6 is 11.6 Å². The number of likely N-dealkylation sites (tertiary alicyclic amines) is 1. The largest absolute Gasteiger partial charge is 0.380 e. The number of pyridine rings is 1. The normalized spacial score (nSPS) is 22.2. The Labute approximate surface area is 121 Å². The highest BCUT2D eigenvalue weighted by molar-refractivity contribution is 6.32. The first-order valence-electron chi connectivity index (χ1n) is 7.21. The lowest BCUT2D eigenvalue weighted by Gasteiger charge is -2.36. The molecular weight excluding hydrogens is 258 g/mol. The van der Waals surface area contributed by atoms with Gasteiger partial charge < -0.3 is 10.2 Å². The Kier molecular flexibility index (Phi) is 5.06. The lowest BCUT2D eigenvalue weighted by molar-refractivity contribution is 0.172. The van der Waals surface area contributed by atoms with Gasteiger partial charge in [0.25, 0.3) is 0 Å². The van der Waals surface area contributed by atoms with Gasteiger partial charge in [-0.25, -0.2) is 4.98 Å². The van der Waals surface area contributed by atoms with Crippen molar-refractivity contribution in [3.8, 4) is 0 Å². The van der Waals surface area contributed by atoms with Crippen LogP contribution in [-0.4, -0.2) is 35.6 Å². The summed E-state index contributed by atoms with van der Waals surface area (Å²) in [6, 6.07) is 2.43. The summed E-state index contributed by atoms with van der Waals surface area (Å²) in [4.78, 5) is 6.69. The van der Waals surface area contributed by atoms with E-state index in [1.54, 1.807) is 6.20 Å². The standard InChI is InChI=1S/C15H24ClN3/c1-4-19-9-5-6-13(10-19)12(3)18-14-11(2)7-8-17-15(14)16/h7-8,12-13,18H,4-6,9-10H2,1-3H3. The molecule has 0 aromatic carbocycles. The predicted molar refractivity (Wildman–Crippen MR) is 81.9 cm³/mol. The number of anilines is 1.